The minimum atomic E-state index is -0.368. The third-order valence-electron chi connectivity index (χ3n) is 5.81. The second-order valence-corrected chi connectivity index (χ2v) is 7.98. The Morgan fingerprint density at radius 3 is 2.46 bits per heavy atom. The molecule has 0 atom stereocenters. The zero-order valence-electron chi connectivity index (χ0n) is 17.1. The summed E-state index contributed by atoms with van der Waals surface area (Å²) in [5, 5.41) is 0. The van der Waals surface area contributed by atoms with Crippen molar-refractivity contribution in [1.29, 1.82) is 0 Å². The SMILES string of the molecule is CC(=O)CCCC(=O)N1CCOC2(CCN(C(=O)c3c(C)ncn3C)CC2)C1. The number of carbonyl (C=O) groups excluding carboxylic acids is 3. The Bertz CT molecular complexity index is 730. The average molecular weight is 390 g/mol. The molecule has 154 valence electrons. The van der Waals surface area contributed by atoms with Gasteiger partial charge in [-0.15, -0.1) is 0 Å². The molecule has 2 amide bonds. The van der Waals surface area contributed by atoms with E-state index >= 15 is 0 Å². The van der Waals surface area contributed by atoms with E-state index in [1.807, 2.05) is 23.8 Å². The first kappa shape index (κ1) is 20.5. The van der Waals surface area contributed by atoms with Crippen molar-refractivity contribution in [2.24, 2.45) is 7.05 Å². The number of imidazole rings is 1. The van der Waals surface area contributed by atoms with E-state index in [2.05, 4.69) is 4.98 Å². The molecule has 0 saturated carbocycles. The predicted octanol–water partition coefficient (Wildman–Crippen LogP) is 1.32. The lowest BCUT2D eigenvalue weighted by atomic mass is 9.89. The van der Waals surface area contributed by atoms with Crippen LogP contribution >= 0.6 is 0 Å². The highest BCUT2D eigenvalue weighted by Gasteiger charge is 2.42. The van der Waals surface area contributed by atoms with E-state index < -0.39 is 0 Å². The number of aromatic nitrogens is 2. The van der Waals surface area contributed by atoms with Crippen molar-refractivity contribution in [3.8, 4) is 0 Å². The molecule has 28 heavy (non-hydrogen) atoms. The smallest absolute Gasteiger partial charge is 0.272 e. The molecule has 0 aromatic carbocycles. The molecule has 1 spiro atoms. The molecule has 2 aliphatic rings. The molecule has 0 unspecified atom stereocenters. The summed E-state index contributed by atoms with van der Waals surface area (Å²) in [6.07, 6.45) is 4.55. The van der Waals surface area contributed by atoms with Gasteiger partial charge >= 0.3 is 0 Å². The number of likely N-dealkylation sites (tertiary alicyclic amines) is 1. The fourth-order valence-electron chi connectivity index (χ4n) is 4.13. The van der Waals surface area contributed by atoms with Crippen LogP contribution in [-0.4, -0.2) is 75.3 Å². The summed E-state index contributed by atoms with van der Waals surface area (Å²) in [4.78, 5) is 44.3. The van der Waals surface area contributed by atoms with Gasteiger partial charge in [0.05, 0.1) is 24.2 Å². The highest BCUT2D eigenvalue weighted by atomic mass is 16.5. The summed E-state index contributed by atoms with van der Waals surface area (Å²) in [5.41, 5.74) is 0.999. The van der Waals surface area contributed by atoms with Gasteiger partial charge in [0.2, 0.25) is 5.91 Å². The van der Waals surface area contributed by atoms with Gasteiger partial charge in [-0.1, -0.05) is 0 Å². The summed E-state index contributed by atoms with van der Waals surface area (Å²) < 4.78 is 7.86. The molecule has 0 aliphatic carbocycles. The molecule has 8 heteroatoms. The first-order valence-electron chi connectivity index (χ1n) is 10.00. The number of piperidine rings is 1. The van der Waals surface area contributed by atoms with Crippen LogP contribution in [0.25, 0.3) is 0 Å². The third kappa shape index (κ3) is 4.43. The molecule has 3 rings (SSSR count). The van der Waals surface area contributed by atoms with Crippen LogP contribution < -0.4 is 0 Å². The van der Waals surface area contributed by atoms with E-state index in [1.165, 1.54) is 0 Å². The Hall–Kier alpha value is -2.22. The van der Waals surface area contributed by atoms with Gasteiger partial charge in [-0.25, -0.2) is 4.98 Å². The van der Waals surface area contributed by atoms with Crippen LogP contribution in [0.5, 0.6) is 0 Å². The maximum absolute atomic E-state index is 12.9. The lowest BCUT2D eigenvalue weighted by molar-refractivity contribution is -0.158. The number of carbonyl (C=O) groups is 3. The molecular weight excluding hydrogens is 360 g/mol. The highest BCUT2D eigenvalue weighted by Crippen LogP contribution is 2.31. The molecule has 2 saturated heterocycles. The number of ketones is 1. The molecule has 2 fully saturated rings. The standard InChI is InChI=1S/C20H30N4O4/c1-15(25)5-4-6-17(26)24-11-12-28-20(13-24)7-9-23(10-8-20)19(27)18-16(2)21-14-22(18)3/h14H,4-13H2,1-3H3. The number of aryl methyl sites for hydroxylation is 2. The molecule has 1 aromatic heterocycles. The molecular formula is C20H30N4O4. The first-order valence-corrected chi connectivity index (χ1v) is 10.00. The summed E-state index contributed by atoms with van der Waals surface area (Å²) in [5.74, 6) is 0.209. The van der Waals surface area contributed by atoms with Gasteiger partial charge in [-0.3, -0.25) is 9.59 Å². The summed E-state index contributed by atoms with van der Waals surface area (Å²) in [6, 6.07) is 0. The van der Waals surface area contributed by atoms with Gasteiger partial charge in [0, 0.05) is 46.1 Å². The molecule has 8 nitrogen and oxygen atoms in total. The second-order valence-electron chi connectivity index (χ2n) is 7.98. The van der Waals surface area contributed by atoms with Crippen LogP contribution in [0.3, 0.4) is 0 Å². The number of hydrogen-bond acceptors (Lipinski definition) is 5. The van der Waals surface area contributed by atoms with Crippen molar-refractivity contribution in [3.05, 3.63) is 17.7 Å². The van der Waals surface area contributed by atoms with Crippen molar-refractivity contribution in [3.63, 3.8) is 0 Å². The zero-order chi connectivity index (χ0) is 20.3. The molecule has 1 aromatic rings. The Morgan fingerprint density at radius 1 is 1.14 bits per heavy atom. The molecule has 0 N–H and O–H groups in total. The van der Waals surface area contributed by atoms with Crippen LogP contribution in [0.15, 0.2) is 6.33 Å². The molecule has 0 radical (unpaired) electrons. The third-order valence-corrected chi connectivity index (χ3v) is 5.81. The Kier molecular flexibility index (Phi) is 6.17. The van der Waals surface area contributed by atoms with Crippen molar-refractivity contribution < 1.29 is 19.1 Å². The fraction of sp³-hybridized carbons (Fsp3) is 0.700. The maximum Gasteiger partial charge on any atom is 0.272 e. The van der Waals surface area contributed by atoms with Crippen LogP contribution in [-0.2, 0) is 21.4 Å². The zero-order valence-corrected chi connectivity index (χ0v) is 17.1. The quantitative estimate of drug-likeness (QED) is 0.757. The van der Waals surface area contributed by atoms with Gasteiger partial charge in [-0.05, 0) is 33.1 Å². The van der Waals surface area contributed by atoms with Gasteiger partial charge < -0.3 is 23.9 Å². The Balaban J connectivity index is 1.56. The van der Waals surface area contributed by atoms with E-state index in [1.54, 1.807) is 17.8 Å². The monoisotopic (exact) mass is 390 g/mol. The summed E-state index contributed by atoms with van der Waals surface area (Å²) in [6.45, 7) is 6.30. The van der Waals surface area contributed by atoms with Gasteiger partial charge in [0.25, 0.3) is 5.91 Å². The van der Waals surface area contributed by atoms with Crippen molar-refractivity contribution in [1.82, 2.24) is 19.4 Å². The van der Waals surface area contributed by atoms with Gasteiger partial charge in [-0.2, -0.15) is 0 Å². The normalized spacial score (nSPS) is 19.1. The molecule has 2 aliphatic heterocycles. The van der Waals surface area contributed by atoms with E-state index in [9.17, 15) is 14.4 Å². The van der Waals surface area contributed by atoms with Crippen LogP contribution in [0.1, 0.15) is 55.2 Å². The molecule has 0 bridgehead atoms. The summed E-state index contributed by atoms with van der Waals surface area (Å²) in [7, 11) is 1.83. The second kappa shape index (κ2) is 8.43. The number of rotatable bonds is 5. The fourth-order valence-corrected chi connectivity index (χ4v) is 4.13. The minimum Gasteiger partial charge on any atom is -0.371 e. The van der Waals surface area contributed by atoms with Crippen molar-refractivity contribution in [2.75, 3.05) is 32.8 Å². The first-order chi connectivity index (χ1) is 13.3. The average Bonchev–Trinajstić information content (AvgIpc) is 3.00. The number of ether oxygens (including phenoxy) is 1. The van der Waals surface area contributed by atoms with Crippen LogP contribution in [0.2, 0.25) is 0 Å². The maximum atomic E-state index is 12.9. The lowest BCUT2D eigenvalue weighted by Crippen LogP contribution is -2.58. The van der Waals surface area contributed by atoms with Crippen LogP contribution in [0.4, 0.5) is 0 Å². The Labute approximate surface area is 165 Å². The van der Waals surface area contributed by atoms with Crippen molar-refractivity contribution >= 4 is 17.6 Å². The predicted molar refractivity (Wildman–Crippen MR) is 103 cm³/mol. The number of hydrogen-bond donors (Lipinski definition) is 0. The highest BCUT2D eigenvalue weighted by molar-refractivity contribution is 5.93. The minimum absolute atomic E-state index is 0.000301. The van der Waals surface area contributed by atoms with Crippen LogP contribution in [0, 0.1) is 6.92 Å². The summed E-state index contributed by atoms with van der Waals surface area (Å²) >= 11 is 0. The number of nitrogens with zero attached hydrogens (tertiary/aromatic N) is 4. The van der Waals surface area contributed by atoms with E-state index in [0.29, 0.717) is 70.6 Å². The van der Waals surface area contributed by atoms with E-state index in [4.69, 9.17) is 4.74 Å². The largest absolute Gasteiger partial charge is 0.371 e. The molecule has 3 heterocycles. The topological polar surface area (TPSA) is 84.7 Å². The number of morpholine rings is 1. The lowest BCUT2D eigenvalue weighted by Gasteiger charge is -2.47. The van der Waals surface area contributed by atoms with Crippen molar-refractivity contribution in [2.45, 2.75) is 51.6 Å². The Morgan fingerprint density at radius 2 is 1.86 bits per heavy atom. The van der Waals surface area contributed by atoms with Gasteiger partial charge in [0.15, 0.2) is 0 Å². The number of amides is 2. The van der Waals surface area contributed by atoms with E-state index in [0.717, 1.165) is 5.69 Å². The van der Waals surface area contributed by atoms with Gasteiger partial charge in [0.1, 0.15) is 11.5 Å². The number of Topliss-reactive ketones (excluding diaryl/α,β-unsaturated/α-hetero) is 1. The van der Waals surface area contributed by atoms with E-state index in [-0.39, 0.29) is 23.2 Å².